The molecular formula is C21H14ClF3N4O2S. The largest absolute Gasteiger partial charge is 0.423 e. The van der Waals surface area contributed by atoms with E-state index >= 15 is 0 Å². The monoisotopic (exact) mass is 478 g/mol. The second-order valence-electron chi connectivity index (χ2n) is 6.22. The first-order chi connectivity index (χ1) is 15.2. The molecule has 0 fully saturated rings. The van der Waals surface area contributed by atoms with Gasteiger partial charge in [0.1, 0.15) is 5.75 Å². The van der Waals surface area contributed by atoms with Crippen molar-refractivity contribution in [2.45, 2.75) is 6.18 Å². The highest BCUT2D eigenvalue weighted by atomic mass is 35.5. The summed E-state index contributed by atoms with van der Waals surface area (Å²) in [6.07, 6.45) is -0.131. The van der Waals surface area contributed by atoms with Crippen LogP contribution in [-0.4, -0.2) is 22.3 Å². The zero-order valence-corrected chi connectivity index (χ0v) is 17.6. The summed E-state index contributed by atoms with van der Waals surface area (Å²) in [4.78, 5) is 15.9. The summed E-state index contributed by atoms with van der Waals surface area (Å²) in [5, 5.41) is 6.50. The molecule has 32 heavy (non-hydrogen) atoms. The number of nitrogens with one attached hydrogen (secondary N) is 2. The van der Waals surface area contributed by atoms with Gasteiger partial charge in [-0.1, -0.05) is 11.6 Å². The maximum absolute atomic E-state index is 12.8. The van der Waals surface area contributed by atoms with E-state index in [9.17, 15) is 18.0 Å². The van der Waals surface area contributed by atoms with Crippen molar-refractivity contribution in [3.05, 3.63) is 88.7 Å². The van der Waals surface area contributed by atoms with Crippen molar-refractivity contribution in [3.8, 4) is 5.75 Å². The lowest BCUT2D eigenvalue weighted by atomic mass is 10.2. The predicted octanol–water partition coefficient (Wildman–Crippen LogP) is 5.29. The van der Waals surface area contributed by atoms with Gasteiger partial charge in [0.2, 0.25) is 0 Å². The number of carbonyl (C=O) groups excluding carboxylic acids is 1. The number of rotatable bonds is 5. The molecule has 0 bridgehead atoms. The summed E-state index contributed by atoms with van der Waals surface area (Å²) >= 11 is 10.9. The SMILES string of the molecule is O=C(Oc1ccc(C=NNC(=S)Nc2cc(C(F)(F)F)ccc2Cl)cc1)c1cccnc1. The number of hydrogen-bond donors (Lipinski definition) is 2. The molecule has 0 atom stereocenters. The molecule has 0 saturated heterocycles. The molecule has 3 rings (SSSR count). The average Bonchev–Trinajstić information content (AvgIpc) is 2.76. The lowest BCUT2D eigenvalue weighted by Gasteiger charge is -2.12. The summed E-state index contributed by atoms with van der Waals surface area (Å²) in [6, 6.07) is 12.5. The molecule has 0 aliphatic heterocycles. The molecule has 1 heterocycles. The number of esters is 1. The molecule has 164 valence electrons. The zero-order valence-electron chi connectivity index (χ0n) is 16.1. The van der Waals surface area contributed by atoms with E-state index in [4.69, 9.17) is 28.6 Å². The third kappa shape index (κ3) is 6.50. The Labute approximate surface area is 191 Å². The van der Waals surface area contributed by atoms with Crippen molar-refractivity contribution in [2.75, 3.05) is 5.32 Å². The summed E-state index contributed by atoms with van der Waals surface area (Å²) < 4.78 is 43.8. The van der Waals surface area contributed by atoms with E-state index in [1.165, 1.54) is 12.4 Å². The number of hydrazone groups is 1. The average molecular weight is 479 g/mol. The first-order valence-corrected chi connectivity index (χ1v) is 9.70. The number of carbonyl (C=O) groups is 1. The Bertz CT molecular complexity index is 1140. The molecule has 6 nitrogen and oxygen atoms in total. The quantitative estimate of drug-likeness (QED) is 0.170. The van der Waals surface area contributed by atoms with E-state index in [0.29, 0.717) is 16.9 Å². The van der Waals surface area contributed by atoms with Crippen molar-refractivity contribution >= 4 is 46.8 Å². The summed E-state index contributed by atoms with van der Waals surface area (Å²) in [7, 11) is 0. The fourth-order valence-corrected chi connectivity index (χ4v) is 2.71. The smallest absolute Gasteiger partial charge is 0.416 e. The summed E-state index contributed by atoms with van der Waals surface area (Å²) in [6.45, 7) is 0. The number of aromatic nitrogens is 1. The first-order valence-electron chi connectivity index (χ1n) is 8.91. The number of thiocarbonyl (C=S) groups is 1. The lowest BCUT2D eigenvalue weighted by Crippen LogP contribution is -2.24. The number of anilines is 1. The highest BCUT2D eigenvalue weighted by Gasteiger charge is 2.31. The Kier molecular flexibility index (Phi) is 7.39. The molecule has 0 saturated carbocycles. The van der Waals surface area contributed by atoms with E-state index in [1.54, 1.807) is 42.6 Å². The Morgan fingerprint density at radius 1 is 1.16 bits per heavy atom. The van der Waals surface area contributed by atoms with Crippen LogP contribution in [-0.2, 0) is 6.18 Å². The molecule has 2 N–H and O–H groups in total. The van der Waals surface area contributed by atoms with Crippen LogP contribution in [0, 0.1) is 0 Å². The van der Waals surface area contributed by atoms with Crippen LogP contribution in [0.3, 0.4) is 0 Å². The van der Waals surface area contributed by atoms with Crippen molar-refractivity contribution in [2.24, 2.45) is 5.10 Å². The van der Waals surface area contributed by atoms with Crippen LogP contribution in [0.2, 0.25) is 5.02 Å². The van der Waals surface area contributed by atoms with Crippen molar-refractivity contribution in [1.82, 2.24) is 10.4 Å². The van der Waals surface area contributed by atoms with Crippen LogP contribution in [0.5, 0.6) is 5.75 Å². The molecule has 0 spiro atoms. The Hall–Kier alpha value is -3.50. The summed E-state index contributed by atoms with van der Waals surface area (Å²) in [5.74, 6) is -0.203. The van der Waals surface area contributed by atoms with Crippen LogP contribution in [0.4, 0.5) is 18.9 Å². The zero-order chi connectivity index (χ0) is 23.1. The van der Waals surface area contributed by atoms with Crippen molar-refractivity contribution < 1.29 is 22.7 Å². The van der Waals surface area contributed by atoms with Gasteiger partial charge < -0.3 is 10.1 Å². The van der Waals surface area contributed by atoms with Crippen LogP contribution in [0.1, 0.15) is 21.5 Å². The van der Waals surface area contributed by atoms with E-state index in [1.807, 2.05) is 0 Å². The van der Waals surface area contributed by atoms with Crippen LogP contribution < -0.4 is 15.5 Å². The maximum atomic E-state index is 12.8. The van der Waals surface area contributed by atoms with Gasteiger partial charge in [0, 0.05) is 12.4 Å². The minimum atomic E-state index is -4.51. The predicted molar refractivity (Wildman–Crippen MR) is 119 cm³/mol. The highest BCUT2D eigenvalue weighted by Crippen LogP contribution is 2.33. The van der Waals surface area contributed by atoms with Gasteiger partial charge in [-0.3, -0.25) is 10.4 Å². The molecule has 2 aromatic carbocycles. The van der Waals surface area contributed by atoms with E-state index in [0.717, 1.165) is 18.2 Å². The first kappa shape index (κ1) is 23.2. The van der Waals surface area contributed by atoms with Gasteiger partial charge in [-0.2, -0.15) is 18.3 Å². The fourth-order valence-electron chi connectivity index (χ4n) is 2.38. The number of ether oxygens (including phenoxy) is 1. The molecule has 1 aromatic heterocycles. The van der Waals surface area contributed by atoms with Gasteiger partial charge >= 0.3 is 12.1 Å². The molecule has 3 aromatic rings. The maximum Gasteiger partial charge on any atom is 0.416 e. The number of halogens is 4. The number of benzene rings is 2. The number of pyridine rings is 1. The number of alkyl halides is 3. The molecule has 0 aliphatic carbocycles. The summed E-state index contributed by atoms with van der Waals surface area (Å²) in [5.41, 5.74) is 2.60. The van der Waals surface area contributed by atoms with Crippen molar-refractivity contribution in [1.29, 1.82) is 0 Å². The molecule has 0 radical (unpaired) electrons. The minimum Gasteiger partial charge on any atom is -0.423 e. The Morgan fingerprint density at radius 3 is 2.56 bits per heavy atom. The molecular weight excluding hydrogens is 465 g/mol. The van der Waals surface area contributed by atoms with Gasteiger partial charge in [0.25, 0.3) is 0 Å². The Morgan fingerprint density at radius 2 is 1.91 bits per heavy atom. The molecule has 0 aliphatic rings. The van der Waals surface area contributed by atoms with Crippen LogP contribution in [0.15, 0.2) is 72.1 Å². The molecule has 0 unspecified atom stereocenters. The van der Waals surface area contributed by atoms with E-state index in [-0.39, 0.29) is 15.8 Å². The third-order valence-corrected chi connectivity index (χ3v) is 4.43. The standard InChI is InChI=1S/C21H14ClF3N4O2S/c22-17-8-5-15(21(23,24)25)10-18(17)28-20(32)29-27-11-13-3-6-16(7-4-13)31-19(30)14-2-1-9-26-12-14/h1-12H,(H2,28,29,32). The van der Waals surface area contributed by atoms with Gasteiger partial charge in [-0.05, 0) is 72.4 Å². The molecule has 11 heteroatoms. The lowest BCUT2D eigenvalue weighted by molar-refractivity contribution is -0.137. The van der Waals surface area contributed by atoms with E-state index in [2.05, 4.69) is 20.8 Å². The molecule has 0 amide bonds. The minimum absolute atomic E-state index is 0.00558. The van der Waals surface area contributed by atoms with Crippen molar-refractivity contribution in [3.63, 3.8) is 0 Å². The van der Waals surface area contributed by atoms with Gasteiger partial charge in [-0.15, -0.1) is 0 Å². The number of hydrogen-bond acceptors (Lipinski definition) is 5. The fraction of sp³-hybridized carbons (Fsp3) is 0.0476. The van der Waals surface area contributed by atoms with Crippen LogP contribution in [0.25, 0.3) is 0 Å². The van der Waals surface area contributed by atoms with Gasteiger partial charge in [0.05, 0.1) is 28.1 Å². The number of nitrogens with zero attached hydrogens (tertiary/aromatic N) is 2. The van der Waals surface area contributed by atoms with Gasteiger partial charge in [-0.25, -0.2) is 4.79 Å². The third-order valence-electron chi connectivity index (χ3n) is 3.91. The normalized spacial score (nSPS) is 11.2. The Balaban J connectivity index is 1.55. The second kappa shape index (κ2) is 10.2. The van der Waals surface area contributed by atoms with Gasteiger partial charge in [0.15, 0.2) is 5.11 Å². The van der Waals surface area contributed by atoms with E-state index < -0.39 is 17.7 Å². The topological polar surface area (TPSA) is 75.6 Å². The highest BCUT2D eigenvalue weighted by molar-refractivity contribution is 7.80. The van der Waals surface area contributed by atoms with Crippen LogP contribution >= 0.6 is 23.8 Å². The second-order valence-corrected chi connectivity index (χ2v) is 7.03.